The quantitative estimate of drug-likeness (QED) is 0.803. The van der Waals surface area contributed by atoms with Crippen molar-refractivity contribution in [1.29, 1.82) is 0 Å². The maximum Gasteiger partial charge on any atom is 0.124 e. The topological polar surface area (TPSA) is 24.1 Å². The number of nitrogens with one attached hydrogen (secondary N) is 2. The molecule has 76 valence electrons. The van der Waals surface area contributed by atoms with Crippen LogP contribution < -0.4 is 10.6 Å². The second kappa shape index (κ2) is 4.38. The Morgan fingerprint density at radius 2 is 2.21 bits per heavy atom. The van der Waals surface area contributed by atoms with Gasteiger partial charge in [0.05, 0.1) is 0 Å². The smallest absolute Gasteiger partial charge is 0.124 e. The molecule has 1 saturated heterocycles. The molecule has 14 heavy (non-hydrogen) atoms. The fraction of sp³-hybridized carbons (Fsp3) is 0.400. The second-order valence-corrected chi connectivity index (χ2v) is 4.23. The summed E-state index contributed by atoms with van der Waals surface area (Å²) in [6.45, 7) is 2.84. The zero-order chi connectivity index (χ0) is 9.97. The second-order valence-electron chi connectivity index (χ2n) is 3.38. The molecule has 1 unspecified atom stereocenters. The zero-order valence-electron chi connectivity index (χ0n) is 7.69. The molecule has 1 heterocycles. The van der Waals surface area contributed by atoms with Gasteiger partial charge in [-0.1, -0.05) is 22.0 Å². The van der Waals surface area contributed by atoms with Crippen molar-refractivity contribution in [2.24, 2.45) is 0 Å². The van der Waals surface area contributed by atoms with Crippen molar-refractivity contribution in [1.82, 2.24) is 10.6 Å². The molecule has 0 spiro atoms. The van der Waals surface area contributed by atoms with Crippen LogP contribution in [0, 0.1) is 5.82 Å². The van der Waals surface area contributed by atoms with Crippen LogP contribution in [0.25, 0.3) is 0 Å². The fourth-order valence-corrected chi connectivity index (χ4v) is 2.28. The van der Waals surface area contributed by atoms with Crippen LogP contribution >= 0.6 is 15.9 Å². The van der Waals surface area contributed by atoms with Gasteiger partial charge in [0.1, 0.15) is 5.82 Å². The highest BCUT2D eigenvalue weighted by Gasteiger charge is 2.16. The molecule has 1 fully saturated rings. The number of hydrogen-bond donors (Lipinski definition) is 2. The van der Waals surface area contributed by atoms with Crippen LogP contribution in [0.2, 0.25) is 0 Å². The van der Waals surface area contributed by atoms with Gasteiger partial charge in [-0.2, -0.15) is 0 Å². The lowest BCUT2D eigenvalue weighted by Crippen LogP contribution is -2.42. The molecule has 4 heteroatoms. The van der Waals surface area contributed by atoms with E-state index in [2.05, 4.69) is 26.6 Å². The lowest BCUT2D eigenvalue weighted by molar-refractivity contribution is 0.428. The van der Waals surface area contributed by atoms with E-state index in [0.717, 1.165) is 29.7 Å². The Morgan fingerprint density at radius 1 is 1.36 bits per heavy atom. The Labute approximate surface area is 91.0 Å². The number of hydrogen-bond acceptors (Lipinski definition) is 2. The largest absolute Gasteiger partial charge is 0.314 e. The summed E-state index contributed by atoms with van der Waals surface area (Å²) in [5.41, 5.74) is 1.11. The molecule has 1 aromatic carbocycles. The first kappa shape index (κ1) is 10.1. The molecule has 1 aromatic rings. The minimum atomic E-state index is -0.204. The van der Waals surface area contributed by atoms with E-state index in [9.17, 15) is 4.39 Å². The minimum absolute atomic E-state index is 0.204. The van der Waals surface area contributed by atoms with E-state index in [-0.39, 0.29) is 11.9 Å². The normalized spacial score (nSPS) is 22.3. The van der Waals surface area contributed by atoms with Gasteiger partial charge in [0.15, 0.2) is 0 Å². The van der Waals surface area contributed by atoms with Crippen molar-refractivity contribution in [3.8, 4) is 0 Å². The summed E-state index contributed by atoms with van der Waals surface area (Å²) in [5.74, 6) is -0.204. The molecule has 0 radical (unpaired) electrons. The molecule has 0 aliphatic carbocycles. The highest BCUT2D eigenvalue weighted by molar-refractivity contribution is 9.10. The molecular formula is C10H12BrFN2. The first-order valence-corrected chi connectivity index (χ1v) is 5.46. The summed E-state index contributed by atoms with van der Waals surface area (Å²) in [6, 6.07) is 5.10. The van der Waals surface area contributed by atoms with Gasteiger partial charge in [-0.3, -0.25) is 0 Å². The SMILES string of the molecule is Fc1ccc(C2CNCCN2)c(Br)c1. The third-order valence-electron chi connectivity index (χ3n) is 2.38. The monoisotopic (exact) mass is 258 g/mol. The van der Waals surface area contributed by atoms with Crippen LogP contribution in [0.15, 0.2) is 22.7 Å². The van der Waals surface area contributed by atoms with Crippen LogP contribution in [0.3, 0.4) is 0 Å². The van der Waals surface area contributed by atoms with E-state index in [1.807, 2.05) is 6.07 Å². The standard InChI is InChI=1S/C10H12BrFN2/c11-9-5-7(12)1-2-8(9)10-6-13-3-4-14-10/h1-2,5,10,13-14H,3-4,6H2. The Hall–Kier alpha value is -0.450. The number of piperazine rings is 1. The van der Waals surface area contributed by atoms with E-state index in [1.54, 1.807) is 0 Å². The van der Waals surface area contributed by atoms with E-state index < -0.39 is 0 Å². The number of halogens is 2. The molecule has 1 aliphatic rings. The van der Waals surface area contributed by atoms with Gasteiger partial charge in [-0.15, -0.1) is 0 Å². The molecule has 1 aliphatic heterocycles. The summed E-state index contributed by atoms with van der Waals surface area (Å²) in [7, 11) is 0. The van der Waals surface area contributed by atoms with E-state index in [4.69, 9.17) is 0 Å². The van der Waals surface area contributed by atoms with Gasteiger partial charge in [-0.05, 0) is 17.7 Å². The summed E-state index contributed by atoms with van der Waals surface area (Å²) < 4.78 is 13.7. The first-order chi connectivity index (χ1) is 6.77. The molecule has 1 atom stereocenters. The van der Waals surface area contributed by atoms with Crippen molar-refractivity contribution >= 4 is 15.9 Å². The number of benzene rings is 1. The Kier molecular flexibility index (Phi) is 3.15. The maximum absolute atomic E-state index is 12.8. The third kappa shape index (κ3) is 2.13. The Bertz CT molecular complexity index is 324. The maximum atomic E-state index is 12.8. The van der Waals surface area contributed by atoms with Gasteiger partial charge >= 0.3 is 0 Å². The average molecular weight is 259 g/mol. The zero-order valence-corrected chi connectivity index (χ0v) is 9.27. The van der Waals surface area contributed by atoms with Crippen molar-refractivity contribution in [3.05, 3.63) is 34.1 Å². The summed E-state index contributed by atoms with van der Waals surface area (Å²) in [4.78, 5) is 0. The van der Waals surface area contributed by atoms with Crippen LogP contribution in [-0.2, 0) is 0 Å². The third-order valence-corrected chi connectivity index (χ3v) is 3.07. The van der Waals surface area contributed by atoms with E-state index in [1.165, 1.54) is 12.1 Å². The predicted molar refractivity (Wildman–Crippen MR) is 57.7 cm³/mol. The van der Waals surface area contributed by atoms with Crippen molar-refractivity contribution < 1.29 is 4.39 Å². The lowest BCUT2D eigenvalue weighted by Gasteiger charge is -2.25. The van der Waals surface area contributed by atoms with Crippen molar-refractivity contribution in [2.75, 3.05) is 19.6 Å². The van der Waals surface area contributed by atoms with Crippen LogP contribution in [0.1, 0.15) is 11.6 Å². The predicted octanol–water partition coefficient (Wildman–Crippen LogP) is 1.82. The van der Waals surface area contributed by atoms with Gasteiger partial charge in [0.2, 0.25) is 0 Å². The average Bonchev–Trinajstić information content (AvgIpc) is 2.19. The minimum Gasteiger partial charge on any atom is -0.314 e. The lowest BCUT2D eigenvalue weighted by atomic mass is 10.1. The molecule has 0 amide bonds. The van der Waals surface area contributed by atoms with Gasteiger partial charge < -0.3 is 10.6 Å². The van der Waals surface area contributed by atoms with Crippen LogP contribution in [0.5, 0.6) is 0 Å². The molecule has 0 bridgehead atoms. The van der Waals surface area contributed by atoms with Crippen LogP contribution in [-0.4, -0.2) is 19.6 Å². The highest BCUT2D eigenvalue weighted by atomic mass is 79.9. The fourth-order valence-electron chi connectivity index (χ4n) is 1.66. The van der Waals surface area contributed by atoms with E-state index >= 15 is 0 Å². The van der Waals surface area contributed by atoms with Crippen LogP contribution in [0.4, 0.5) is 4.39 Å². The molecule has 2 N–H and O–H groups in total. The van der Waals surface area contributed by atoms with Gasteiger partial charge in [0, 0.05) is 30.1 Å². The summed E-state index contributed by atoms with van der Waals surface area (Å²) in [5, 5.41) is 6.68. The Morgan fingerprint density at radius 3 is 2.86 bits per heavy atom. The highest BCUT2D eigenvalue weighted by Crippen LogP contribution is 2.24. The van der Waals surface area contributed by atoms with Crippen molar-refractivity contribution in [3.63, 3.8) is 0 Å². The molecule has 2 nitrogen and oxygen atoms in total. The number of rotatable bonds is 1. The van der Waals surface area contributed by atoms with E-state index in [0.29, 0.717) is 0 Å². The first-order valence-electron chi connectivity index (χ1n) is 4.66. The summed E-state index contributed by atoms with van der Waals surface area (Å²) in [6.07, 6.45) is 0. The molecule has 0 aromatic heterocycles. The van der Waals surface area contributed by atoms with Gasteiger partial charge in [-0.25, -0.2) is 4.39 Å². The molecule has 2 rings (SSSR count). The Balaban J connectivity index is 2.22. The van der Waals surface area contributed by atoms with Crippen molar-refractivity contribution in [2.45, 2.75) is 6.04 Å². The van der Waals surface area contributed by atoms with Gasteiger partial charge in [0.25, 0.3) is 0 Å². The molecular weight excluding hydrogens is 247 g/mol. The molecule has 0 saturated carbocycles. The summed E-state index contributed by atoms with van der Waals surface area (Å²) >= 11 is 3.37.